The average Bonchev–Trinajstić information content (AvgIpc) is 2.54. The molecular weight excluding hydrogens is 281 g/mol. The first-order valence-corrected chi connectivity index (χ1v) is 7.00. The first kappa shape index (κ1) is 15.8. The zero-order chi connectivity index (χ0) is 15.9. The molecule has 0 heterocycles. The summed E-state index contributed by atoms with van der Waals surface area (Å²) in [4.78, 5) is 12.2. The van der Waals surface area contributed by atoms with E-state index in [4.69, 9.17) is 4.74 Å². The Labute approximate surface area is 129 Å². The summed E-state index contributed by atoms with van der Waals surface area (Å²) in [6.45, 7) is 5.85. The molecular formula is C18H18FNO2. The molecule has 22 heavy (non-hydrogen) atoms. The van der Waals surface area contributed by atoms with Gasteiger partial charge in [-0.1, -0.05) is 24.8 Å². The van der Waals surface area contributed by atoms with Crippen LogP contribution in [0.2, 0.25) is 0 Å². The van der Waals surface area contributed by atoms with E-state index in [2.05, 4.69) is 11.9 Å². The van der Waals surface area contributed by atoms with Crippen molar-refractivity contribution < 1.29 is 13.9 Å². The van der Waals surface area contributed by atoms with Crippen LogP contribution in [0, 0.1) is 5.82 Å². The van der Waals surface area contributed by atoms with Gasteiger partial charge in [0.1, 0.15) is 18.2 Å². The quantitative estimate of drug-likeness (QED) is 0.822. The Bertz CT molecular complexity index is 635. The first-order chi connectivity index (χ1) is 10.6. The van der Waals surface area contributed by atoms with Crippen LogP contribution in [-0.4, -0.2) is 12.5 Å². The van der Waals surface area contributed by atoms with Crippen LogP contribution in [0.15, 0.2) is 61.2 Å². The van der Waals surface area contributed by atoms with Crippen molar-refractivity contribution in [1.29, 1.82) is 0 Å². The molecule has 1 amide bonds. The van der Waals surface area contributed by atoms with Crippen LogP contribution >= 0.6 is 0 Å². The summed E-state index contributed by atoms with van der Waals surface area (Å²) in [5, 5.41) is 2.88. The number of carbonyl (C=O) groups is 1. The molecule has 114 valence electrons. The summed E-state index contributed by atoms with van der Waals surface area (Å²) in [5.41, 5.74) is 1.39. The predicted octanol–water partition coefficient (Wildman–Crippen LogP) is 3.88. The molecule has 2 aromatic carbocycles. The second-order valence-electron chi connectivity index (χ2n) is 4.87. The van der Waals surface area contributed by atoms with E-state index in [-0.39, 0.29) is 17.8 Å². The maximum atomic E-state index is 12.9. The monoisotopic (exact) mass is 299 g/mol. The SMILES string of the molecule is C=CCOc1ccc(C(=O)N[C@H](C)c2ccc(F)cc2)cc1. The number of rotatable bonds is 6. The number of amides is 1. The molecule has 0 fully saturated rings. The Morgan fingerprint density at radius 3 is 2.45 bits per heavy atom. The molecule has 1 atom stereocenters. The maximum absolute atomic E-state index is 12.9. The second kappa shape index (κ2) is 7.41. The Morgan fingerprint density at radius 1 is 1.23 bits per heavy atom. The number of halogens is 1. The molecule has 2 rings (SSSR count). The topological polar surface area (TPSA) is 38.3 Å². The standard InChI is InChI=1S/C18H18FNO2/c1-3-12-22-17-10-6-15(7-11-17)18(21)20-13(2)14-4-8-16(19)9-5-14/h3-11,13H,1,12H2,2H3,(H,20,21)/t13-/m1/s1. The minimum atomic E-state index is -0.294. The van der Waals surface area contributed by atoms with Crippen LogP contribution in [-0.2, 0) is 0 Å². The lowest BCUT2D eigenvalue weighted by molar-refractivity contribution is 0.0940. The third kappa shape index (κ3) is 4.19. The lowest BCUT2D eigenvalue weighted by atomic mass is 10.1. The highest BCUT2D eigenvalue weighted by atomic mass is 19.1. The van der Waals surface area contributed by atoms with E-state index in [1.165, 1.54) is 12.1 Å². The van der Waals surface area contributed by atoms with Crippen molar-refractivity contribution in [2.45, 2.75) is 13.0 Å². The van der Waals surface area contributed by atoms with Crippen LogP contribution in [0.3, 0.4) is 0 Å². The van der Waals surface area contributed by atoms with E-state index in [1.807, 2.05) is 6.92 Å². The van der Waals surface area contributed by atoms with E-state index in [9.17, 15) is 9.18 Å². The van der Waals surface area contributed by atoms with Crippen LogP contribution in [0.1, 0.15) is 28.9 Å². The maximum Gasteiger partial charge on any atom is 0.251 e. The molecule has 1 N–H and O–H groups in total. The van der Waals surface area contributed by atoms with Gasteiger partial charge >= 0.3 is 0 Å². The smallest absolute Gasteiger partial charge is 0.251 e. The van der Waals surface area contributed by atoms with Gasteiger partial charge in [-0.05, 0) is 48.9 Å². The summed E-state index contributed by atoms with van der Waals surface area (Å²) in [7, 11) is 0. The van der Waals surface area contributed by atoms with Gasteiger partial charge in [0.25, 0.3) is 5.91 Å². The molecule has 0 aromatic heterocycles. The molecule has 0 bridgehead atoms. The van der Waals surface area contributed by atoms with Crippen molar-refractivity contribution in [3.63, 3.8) is 0 Å². The van der Waals surface area contributed by atoms with Gasteiger partial charge < -0.3 is 10.1 Å². The van der Waals surface area contributed by atoms with Crippen molar-refractivity contribution in [1.82, 2.24) is 5.32 Å². The number of nitrogens with one attached hydrogen (secondary N) is 1. The van der Waals surface area contributed by atoms with Gasteiger partial charge in [-0.15, -0.1) is 0 Å². The van der Waals surface area contributed by atoms with Gasteiger partial charge in [-0.25, -0.2) is 4.39 Å². The molecule has 0 radical (unpaired) electrons. The number of hydrogen-bond acceptors (Lipinski definition) is 2. The normalized spacial score (nSPS) is 11.5. The zero-order valence-corrected chi connectivity index (χ0v) is 12.4. The fraction of sp³-hybridized carbons (Fsp3) is 0.167. The minimum absolute atomic E-state index is 0.188. The molecule has 0 saturated heterocycles. The highest BCUT2D eigenvalue weighted by Crippen LogP contribution is 2.16. The van der Waals surface area contributed by atoms with Crippen molar-refractivity contribution in [3.8, 4) is 5.75 Å². The van der Waals surface area contributed by atoms with E-state index >= 15 is 0 Å². The first-order valence-electron chi connectivity index (χ1n) is 7.00. The number of carbonyl (C=O) groups excluding carboxylic acids is 1. The second-order valence-corrected chi connectivity index (χ2v) is 4.87. The molecule has 0 aliphatic heterocycles. The van der Waals surface area contributed by atoms with Gasteiger partial charge in [0.2, 0.25) is 0 Å². The average molecular weight is 299 g/mol. The fourth-order valence-electron chi connectivity index (χ4n) is 1.97. The molecule has 0 unspecified atom stereocenters. The molecule has 4 heteroatoms. The molecule has 0 spiro atoms. The number of ether oxygens (including phenoxy) is 1. The Morgan fingerprint density at radius 2 is 1.86 bits per heavy atom. The fourth-order valence-corrected chi connectivity index (χ4v) is 1.97. The third-order valence-corrected chi connectivity index (χ3v) is 3.20. The summed E-state index contributed by atoms with van der Waals surface area (Å²) >= 11 is 0. The Hall–Kier alpha value is -2.62. The Kier molecular flexibility index (Phi) is 5.31. The predicted molar refractivity (Wildman–Crippen MR) is 84.4 cm³/mol. The summed E-state index contributed by atoms with van der Waals surface area (Å²) in [5.74, 6) is 0.201. The van der Waals surface area contributed by atoms with Gasteiger partial charge in [-0.3, -0.25) is 4.79 Å². The highest BCUT2D eigenvalue weighted by Gasteiger charge is 2.11. The van der Waals surface area contributed by atoms with Gasteiger partial charge in [0.05, 0.1) is 6.04 Å². The van der Waals surface area contributed by atoms with Crippen LogP contribution in [0.4, 0.5) is 4.39 Å². The number of benzene rings is 2. The molecule has 0 saturated carbocycles. The third-order valence-electron chi connectivity index (χ3n) is 3.20. The summed E-state index contributed by atoms with van der Waals surface area (Å²) < 4.78 is 18.3. The molecule has 0 aliphatic carbocycles. The van der Waals surface area contributed by atoms with E-state index in [0.29, 0.717) is 17.9 Å². The van der Waals surface area contributed by atoms with E-state index in [0.717, 1.165) is 5.56 Å². The zero-order valence-electron chi connectivity index (χ0n) is 12.4. The van der Waals surface area contributed by atoms with Crippen molar-refractivity contribution in [3.05, 3.63) is 78.1 Å². The lowest BCUT2D eigenvalue weighted by Crippen LogP contribution is -2.26. The van der Waals surface area contributed by atoms with Gasteiger partial charge in [-0.2, -0.15) is 0 Å². The van der Waals surface area contributed by atoms with Crippen LogP contribution in [0.5, 0.6) is 5.75 Å². The molecule has 0 aliphatic rings. The van der Waals surface area contributed by atoms with Crippen molar-refractivity contribution in [2.24, 2.45) is 0 Å². The summed E-state index contributed by atoms with van der Waals surface area (Å²) in [6, 6.07) is 12.7. The molecule has 2 aromatic rings. The lowest BCUT2D eigenvalue weighted by Gasteiger charge is -2.14. The van der Waals surface area contributed by atoms with E-state index in [1.54, 1.807) is 42.5 Å². The molecule has 3 nitrogen and oxygen atoms in total. The van der Waals surface area contributed by atoms with Gasteiger partial charge in [0.15, 0.2) is 0 Å². The van der Waals surface area contributed by atoms with Crippen molar-refractivity contribution >= 4 is 5.91 Å². The minimum Gasteiger partial charge on any atom is -0.490 e. The highest BCUT2D eigenvalue weighted by molar-refractivity contribution is 5.94. The van der Waals surface area contributed by atoms with Gasteiger partial charge in [0, 0.05) is 5.56 Å². The van der Waals surface area contributed by atoms with Crippen LogP contribution in [0.25, 0.3) is 0 Å². The van der Waals surface area contributed by atoms with Crippen molar-refractivity contribution in [2.75, 3.05) is 6.61 Å². The summed E-state index contributed by atoms with van der Waals surface area (Å²) in [6.07, 6.45) is 1.66. The largest absolute Gasteiger partial charge is 0.490 e. The Balaban J connectivity index is 1.99. The number of hydrogen-bond donors (Lipinski definition) is 1. The van der Waals surface area contributed by atoms with E-state index < -0.39 is 0 Å². The van der Waals surface area contributed by atoms with Crippen LogP contribution < -0.4 is 10.1 Å².